The molecule has 26 heavy (non-hydrogen) atoms. The Balaban J connectivity index is 2.12. The van der Waals surface area contributed by atoms with Crippen LogP contribution in [0.2, 0.25) is 0 Å². The van der Waals surface area contributed by atoms with Crippen LogP contribution in [0.1, 0.15) is 25.8 Å². The molecule has 1 saturated heterocycles. The van der Waals surface area contributed by atoms with Crippen LogP contribution in [-0.2, 0) is 9.59 Å². The minimum Gasteiger partial charge on any atom is -0.493 e. The van der Waals surface area contributed by atoms with Gasteiger partial charge in [0.05, 0.1) is 30.3 Å². The van der Waals surface area contributed by atoms with Crippen molar-refractivity contribution in [2.45, 2.75) is 31.6 Å². The second kappa shape index (κ2) is 9.04. The fourth-order valence-corrected chi connectivity index (χ4v) is 3.53. The van der Waals surface area contributed by atoms with Crippen molar-refractivity contribution in [1.29, 1.82) is 0 Å². The summed E-state index contributed by atoms with van der Waals surface area (Å²) in [5, 5.41) is 18.7. The van der Waals surface area contributed by atoms with Crippen LogP contribution in [0.15, 0.2) is 26.8 Å². The van der Waals surface area contributed by atoms with Crippen molar-refractivity contribution in [3.63, 3.8) is 0 Å². The standard InChI is InChI=1S/C16H18BrN3O5S/c1-8(2)25-14-10(17)4-9(5-11(14)24-3)7-18-20-16-19-15(23)12(26-16)6-13(21)22/h4-5,7-8,12H,6H2,1-3H3,(H,21,22)(H,19,20,23). The van der Waals surface area contributed by atoms with Gasteiger partial charge in [-0.05, 0) is 47.5 Å². The molecule has 1 amide bonds. The van der Waals surface area contributed by atoms with E-state index in [0.29, 0.717) is 21.5 Å². The summed E-state index contributed by atoms with van der Waals surface area (Å²) >= 11 is 4.49. The van der Waals surface area contributed by atoms with Crippen molar-refractivity contribution in [2.75, 3.05) is 7.11 Å². The lowest BCUT2D eigenvalue weighted by molar-refractivity contribution is -0.138. The molecule has 1 unspecified atom stereocenters. The van der Waals surface area contributed by atoms with Gasteiger partial charge in [-0.1, -0.05) is 11.8 Å². The number of ether oxygens (including phenoxy) is 2. The Morgan fingerprint density at radius 1 is 1.50 bits per heavy atom. The number of carbonyl (C=O) groups excluding carboxylic acids is 1. The second-order valence-electron chi connectivity index (χ2n) is 5.54. The maximum absolute atomic E-state index is 11.6. The Morgan fingerprint density at radius 3 is 2.85 bits per heavy atom. The largest absolute Gasteiger partial charge is 0.493 e. The van der Waals surface area contributed by atoms with Gasteiger partial charge in [-0.2, -0.15) is 5.10 Å². The first-order valence-electron chi connectivity index (χ1n) is 7.64. The molecular formula is C16H18BrN3O5S. The van der Waals surface area contributed by atoms with Gasteiger partial charge in [-0.25, -0.2) is 0 Å². The average molecular weight is 444 g/mol. The maximum Gasteiger partial charge on any atom is 0.305 e. The van der Waals surface area contributed by atoms with Crippen LogP contribution < -0.4 is 14.8 Å². The molecule has 10 heteroatoms. The number of carboxylic acid groups (broad SMARTS) is 1. The molecule has 2 N–H and O–H groups in total. The third-order valence-corrected chi connectivity index (χ3v) is 4.76. The minimum absolute atomic E-state index is 0.00660. The first-order valence-corrected chi connectivity index (χ1v) is 9.32. The Morgan fingerprint density at radius 2 is 2.23 bits per heavy atom. The molecule has 1 aromatic rings. The van der Waals surface area contributed by atoms with Gasteiger partial charge in [0.2, 0.25) is 5.91 Å². The van der Waals surface area contributed by atoms with E-state index in [1.807, 2.05) is 13.8 Å². The number of amides is 1. The smallest absolute Gasteiger partial charge is 0.305 e. The third-order valence-electron chi connectivity index (χ3n) is 3.10. The first-order chi connectivity index (χ1) is 12.3. The first kappa shape index (κ1) is 20.2. The van der Waals surface area contributed by atoms with Crippen LogP contribution in [0, 0.1) is 0 Å². The normalized spacial score (nSPS) is 18.6. The summed E-state index contributed by atoms with van der Waals surface area (Å²) in [6.45, 7) is 3.84. The highest BCUT2D eigenvalue weighted by Crippen LogP contribution is 2.37. The van der Waals surface area contributed by atoms with E-state index in [4.69, 9.17) is 14.6 Å². The number of rotatable bonds is 7. The fraction of sp³-hybridized carbons (Fsp3) is 0.375. The van der Waals surface area contributed by atoms with Crippen LogP contribution >= 0.6 is 27.7 Å². The predicted molar refractivity (Wildman–Crippen MR) is 103 cm³/mol. The summed E-state index contributed by atoms with van der Waals surface area (Å²) in [7, 11) is 1.55. The molecule has 0 aromatic heterocycles. The van der Waals surface area contributed by atoms with Crippen molar-refractivity contribution in [3.8, 4) is 11.5 Å². The molecule has 8 nitrogen and oxygen atoms in total. The number of aliphatic carboxylic acids is 1. The van der Waals surface area contributed by atoms with E-state index >= 15 is 0 Å². The summed E-state index contributed by atoms with van der Waals surface area (Å²) in [6.07, 6.45) is 1.23. The van der Waals surface area contributed by atoms with Crippen LogP contribution in [0.4, 0.5) is 0 Å². The lowest BCUT2D eigenvalue weighted by atomic mass is 10.2. The zero-order valence-electron chi connectivity index (χ0n) is 14.4. The van der Waals surface area contributed by atoms with Gasteiger partial charge in [0.15, 0.2) is 16.7 Å². The number of hydrogen-bond donors (Lipinski definition) is 2. The van der Waals surface area contributed by atoms with E-state index in [1.54, 1.807) is 19.2 Å². The van der Waals surface area contributed by atoms with Crippen molar-refractivity contribution in [1.82, 2.24) is 5.32 Å². The second-order valence-corrected chi connectivity index (χ2v) is 7.59. The number of amidine groups is 1. The molecule has 0 spiro atoms. The molecular weight excluding hydrogens is 426 g/mol. The van der Waals surface area contributed by atoms with Crippen molar-refractivity contribution >= 4 is 51.0 Å². The van der Waals surface area contributed by atoms with Gasteiger partial charge in [0, 0.05) is 0 Å². The SMILES string of the molecule is COc1cc(C=NN=C2NC(=O)C(CC(=O)O)S2)cc(Br)c1OC(C)C. The highest BCUT2D eigenvalue weighted by Gasteiger charge is 2.32. The number of carbonyl (C=O) groups is 2. The molecule has 1 heterocycles. The van der Waals surface area contributed by atoms with E-state index in [0.717, 1.165) is 11.8 Å². The Bertz CT molecular complexity index is 766. The summed E-state index contributed by atoms with van der Waals surface area (Å²) in [5.41, 5.74) is 0.714. The Labute approximate surface area is 163 Å². The summed E-state index contributed by atoms with van der Waals surface area (Å²) in [4.78, 5) is 22.3. The molecule has 1 aromatic carbocycles. The van der Waals surface area contributed by atoms with Gasteiger partial charge < -0.3 is 19.9 Å². The minimum atomic E-state index is -1.04. The van der Waals surface area contributed by atoms with Crippen molar-refractivity contribution in [2.24, 2.45) is 10.2 Å². The predicted octanol–water partition coefficient (Wildman–Crippen LogP) is 2.64. The third kappa shape index (κ3) is 5.46. The van der Waals surface area contributed by atoms with E-state index in [-0.39, 0.29) is 23.6 Å². The lowest BCUT2D eigenvalue weighted by Gasteiger charge is -2.15. The molecule has 140 valence electrons. The number of methoxy groups -OCH3 is 1. The molecule has 0 bridgehead atoms. The molecule has 1 atom stereocenters. The number of nitrogens with one attached hydrogen (secondary N) is 1. The number of nitrogens with zero attached hydrogens (tertiary/aromatic N) is 2. The molecule has 0 aliphatic carbocycles. The number of thioether (sulfide) groups is 1. The summed E-state index contributed by atoms with van der Waals surface area (Å²) < 4.78 is 11.8. The summed E-state index contributed by atoms with van der Waals surface area (Å²) in [6, 6.07) is 3.55. The van der Waals surface area contributed by atoms with Crippen LogP contribution in [-0.4, -0.2) is 46.8 Å². The monoisotopic (exact) mass is 443 g/mol. The zero-order valence-corrected chi connectivity index (χ0v) is 16.8. The van der Waals surface area contributed by atoms with Gasteiger partial charge in [0.1, 0.15) is 5.25 Å². The highest BCUT2D eigenvalue weighted by atomic mass is 79.9. The molecule has 1 aliphatic rings. The average Bonchev–Trinajstić information content (AvgIpc) is 2.88. The quantitative estimate of drug-likeness (QED) is 0.495. The van der Waals surface area contributed by atoms with Gasteiger partial charge in [0.25, 0.3) is 0 Å². The van der Waals surface area contributed by atoms with Crippen LogP contribution in [0.5, 0.6) is 11.5 Å². The molecule has 0 saturated carbocycles. The molecule has 2 rings (SSSR count). The lowest BCUT2D eigenvalue weighted by Crippen LogP contribution is -2.26. The van der Waals surface area contributed by atoms with Crippen molar-refractivity contribution < 1.29 is 24.2 Å². The van der Waals surface area contributed by atoms with Crippen LogP contribution in [0.3, 0.4) is 0 Å². The fourth-order valence-electron chi connectivity index (χ4n) is 2.06. The number of halogens is 1. The Kier molecular flexibility index (Phi) is 7.04. The van der Waals surface area contributed by atoms with Crippen molar-refractivity contribution in [3.05, 3.63) is 22.2 Å². The van der Waals surface area contributed by atoms with Gasteiger partial charge in [-0.15, -0.1) is 5.10 Å². The molecule has 0 radical (unpaired) electrons. The zero-order chi connectivity index (χ0) is 19.3. The highest BCUT2D eigenvalue weighted by molar-refractivity contribution is 9.10. The molecule has 1 aliphatic heterocycles. The summed E-state index contributed by atoms with van der Waals surface area (Å²) in [5.74, 6) is -0.276. The maximum atomic E-state index is 11.6. The van der Waals surface area contributed by atoms with E-state index in [2.05, 4.69) is 31.4 Å². The van der Waals surface area contributed by atoms with E-state index < -0.39 is 11.2 Å². The number of benzene rings is 1. The van der Waals surface area contributed by atoms with Crippen LogP contribution in [0.25, 0.3) is 0 Å². The van der Waals surface area contributed by atoms with E-state index in [9.17, 15) is 9.59 Å². The van der Waals surface area contributed by atoms with E-state index in [1.165, 1.54) is 6.21 Å². The number of hydrogen-bond acceptors (Lipinski definition) is 7. The van der Waals surface area contributed by atoms with Gasteiger partial charge in [-0.3, -0.25) is 9.59 Å². The number of carboxylic acids is 1. The topological polar surface area (TPSA) is 110 Å². The Hall–Kier alpha value is -2.07. The van der Waals surface area contributed by atoms with Gasteiger partial charge >= 0.3 is 5.97 Å². The molecule has 1 fully saturated rings.